The Balaban J connectivity index is 1.93. The molecule has 2 fully saturated rings. The van der Waals surface area contributed by atoms with Crippen LogP contribution >= 0.6 is 0 Å². The van der Waals surface area contributed by atoms with E-state index in [1.807, 2.05) is 0 Å². The molecule has 0 aromatic rings. The third-order valence-electron chi connectivity index (χ3n) is 5.65. The fourth-order valence-corrected chi connectivity index (χ4v) is 4.12. The summed E-state index contributed by atoms with van der Waals surface area (Å²) in [4.78, 5) is 7.53. The highest BCUT2D eigenvalue weighted by molar-refractivity contribution is 4.99. The Bertz CT molecular complexity index is 299. The number of hydrogen-bond donors (Lipinski definition) is 1. The van der Waals surface area contributed by atoms with Crippen molar-refractivity contribution in [3.05, 3.63) is 0 Å². The Morgan fingerprint density at radius 3 is 2.35 bits per heavy atom. The highest BCUT2D eigenvalue weighted by Gasteiger charge is 2.41. The summed E-state index contributed by atoms with van der Waals surface area (Å²) < 4.78 is 0. The van der Waals surface area contributed by atoms with Gasteiger partial charge in [-0.25, -0.2) is 0 Å². The van der Waals surface area contributed by atoms with E-state index in [1.54, 1.807) is 0 Å². The molecule has 20 heavy (non-hydrogen) atoms. The maximum atomic E-state index is 6.22. The van der Waals surface area contributed by atoms with Gasteiger partial charge in [0.25, 0.3) is 0 Å². The fourth-order valence-electron chi connectivity index (χ4n) is 4.12. The van der Waals surface area contributed by atoms with E-state index in [0.29, 0.717) is 6.04 Å². The zero-order valence-corrected chi connectivity index (χ0v) is 13.9. The van der Waals surface area contributed by atoms with Gasteiger partial charge in [-0.15, -0.1) is 0 Å². The third-order valence-corrected chi connectivity index (χ3v) is 5.65. The molecule has 2 aliphatic heterocycles. The van der Waals surface area contributed by atoms with Crippen LogP contribution in [0.5, 0.6) is 0 Å². The molecule has 4 heteroatoms. The average molecular weight is 282 g/mol. The molecule has 118 valence electrons. The summed E-state index contributed by atoms with van der Waals surface area (Å²) in [5.74, 6) is 0.875. The van der Waals surface area contributed by atoms with Crippen LogP contribution < -0.4 is 5.73 Å². The SMILES string of the molecule is CC1CC(CN)(N2CCC(CN(C)C)CC2)CCN1C. The average Bonchev–Trinajstić information content (AvgIpc) is 2.42. The zero-order chi connectivity index (χ0) is 14.8. The van der Waals surface area contributed by atoms with Crippen molar-refractivity contribution in [3.8, 4) is 0 Å². The van der Waals surface area contributed by atoms with Gasteiger partial charge in [-0.3, -0.25) is 4.90 Å². The lowest BCUT2D eigenvalue weighted by atomic mass is 9.80. The predicted molar refractivity (Wildman–Crippen MR) is 86.0 cm³/mol. The van der Waals surface area contributed by atoms with E-state index in [4.69, 9.17) is 5.73 Å². The lowest BCUT2D eigenvalue weighted by Gasteiger charge is -2.52. The van der Waals surface area contributed by atoms with Gasteiger partial charge in [0.15, 0.2) is 0 Å². The second-order valence-electron chi connectivity index (χ2n) is 7.40. The Morgan fingerprint density at radius 2 is 1.85 bits per heavy atom. The smallest absolute Gasteiger partial charge is 0.0358 e. The molecule has 0 saturated carbocycles. The van der Waals surface area contributed by atoms with E-state index in [-0.39, 0.29) is 5.54 Å². The number of nitrogens with two attached hydrogens (primary N) is 1. The van der Waals surface area contributed by atoms with E-state index in [9.17, 15) is 0 Å². The van der Waals surface area contributed by atoms with Crippen molar-refractivity contribution in [2.75, 3.05) is 53.9 Å². The van der Waals surface area contributed by atoms with E-state index >= 15 is 0 Å². The first-order valence-corrected chi connectivity index (χ1v) is 8.27. The molecular weight excluding hydrogens is 248 g/mol. The van der Waals surface area contributed by atoms with Gasteiger partial charge in [0.1, 0.15) is 0 Å². The number of nitrogens with zero attached hydrogens (tertiary/aromatic N) is 3. The van der Waals surface area contributed by atoms with Gasteiger partial charge in [-0.1, -0.05) is 0 Å². The highest BCUT2D eigenvalue weighted by atomic mass is 15.3. The molecule has 4 nitrogen and oxygen atoms in total. The van der Waals surface area contributed by atoms with Crippen LogP contribution in [-0.4, -0.2) is 80.1 Å². The molecule has 2 unspecified atom stereocenters. The molecule has 2 heterocycles. The topological polar surface area (TPSA) is 35.7 Å². The second kappa shape index (κ2) is 6.73. The molecule has 0 spiro atoms. The van der Waals surface area contributed by atoms with Crippen LogP contribution in [0.15, 0.2) is 0 Å². The van der Waals surface area contributed by atoms with Crippen molar-refractivity contribution in [3.63, 3.8) is 0 Å². The monoisotopic (exact) mass is 282 g/mol. The third kappa shape index (κ3) is 3.53. The summed E-state index contributed by atoms with van der Waals surface area (Å²) in [6.45, 7) is 8.09. The number of likely N-dealkylation sites (tertiary alicyclic amines) is 2. The number of rotatable bonds is 4. The first kappa shape index (κ1) is 16.2. The highest BCUT2D eigenvalue weighted by Crippen LogP contribution is 2.34. The van der Waals surface area contributed by atoms with Crippen LogP contribution in [0.4, 0.5) is 0 Å². The molecule has 0 aliphatic carbocycles. The van der Waals surface area contributed by atoms with Crippen LogP contribution in [-0.2, 0) is 0 Å². The summed E-state index contributed by atoms with van der Waals surface area (Å²) in [6, 6.07) is 0.659. The molecule has 0 aromatic heterocycles. The van der Waals surface area contributed by atoms with Crippen molar-refractivity contribution >= 4 is 0 Å². The maximum absolute atomic E-state index is 6.22. The molecule has 2 saturated heterocycles. The zero-order valence-electron chi connectivity index (χ0n) is 13.9. The van der Waals surface area contributed by atoms with Gasteiger partial charge in [0, 0.05) is 24.7 Å². The van der Waals surface area contributed by atoms with E-state index < -0.39 is 0 Å². The minimum atomic E-state index is 0.273. The van der Waals surface area contributed by atoms with Crippen molar-refractivity contribution in [2.24, 2.45) is 11.7 Å². The van der Waals surface area contributed by atoms with Crippen LogP contribution in [0, 0.1) is 5.92 Å². The number of piperidine rings is 2. The van der Waals surface area contributed by atoms with Gasteiger partial charge in [0.05, 0.1) is 0 Å². The quantitative estimate of drug-likeness (QED) is 0.837. The van der Waals surface area contributed by atoms with Crippen molar-refractivity contribution in [2.45, 2.75) is 44.2 Å². The van der Waals surface area contributed by atoms with Crippen LogP contribution in [0.25, 0.3) is 0 Å². The molecule has 2 rings (SSSR count). The van der Waals surface area contributed by atoms with Gasteiger partial charge in [-0.05, 0) is 79.3 Å². The lowest BCUT2D eigenvalue weighted by molar-refractivity contribution is -0.0109. The summed E-state index contributed by atoms with van der Waals surface area (Å²) in [7, 11) is 6.62. The van der Waals surface area contributed by atoms with Crippen LogP contribution in [0.3, 0.4) is 0 Å². The normalized spacial score (nSPS) is 34.8. The minimum absolute atomic E-state index is 0.273. The molecular formula is C16H34N4. The minimum Gasteiger partial charge on any atom is -0.329 e. The Morgan fingerprint density at radius 1 is 1.20 bits per heavy atom. The molecule has 2 atom stereocenters. The summed E-state index contributed by atoms with van der Waals surface area (Å²) in [5, 5.41) is 0. The largest absolute Gasteiger partial charge is 0.329 e. The summed E-state index contributed by atoms with van der Waals surface area (Å²) >= 11 is 0. The van der Waals surface area contributed by atoms with Crippen molar-refractivity contribution in [1.29, 1.82) is 0 Å². The summed E-state index contributed by atoms with van der Waals surface area (Å²) in [5.41, 5.74) is 6.50. The maximum Gasteiger partial charge on any atom is 0.0358 e. The van der Waals surface area contributed by atoms with Gasteiger partial charge in [-0.2, -0.15) is 0 Å². The Hall–Kier alpha value is -0.160. The molecule has 0 amide bonds. The molecule has 2 N–H and O–H groups in total. The Kier molecular flexibility index (Phi) is 5.46. The first-order valence-electron chi connectivity index (χ1n) is 8.27. The van der Waals surface area contributed by atoms with E-state index in [2.05, 4.69) is 42.8 Å². The van der Waals surface area contributed by atoms with Gasteiger partial charge in [0.2, 0.25) is 0 Å². The Labute approximate surface area is 125 Å². The van der Waals surface area contributed by atoms with Crippen molar-refractivity contribution in [1.82, 2.24) is 14.7 Å². The van der Waals surface area contributed by atoms with E-state index in [1.165, 1.54) is 51.9 Å². The summed E-state index contributed by atoms with van der Waals surface area (Å²) in [6.07, 6.45) is 5.15. The second-order valence-corrected chi connectivity index (χ2v) is 7.40. The predicted octanol–water partition coefficient (Wildman–Crippen LogP) is 1.07. The standard InChI is InChI=1S/C16H34N4/c1-14-11-16(13-17,7-10-19(14)4)20-8-5-15(6-9-20)12-18(2)3/h14-15H,5-13,17H2,1-4H3. The van der Waals surface area contributed by atoms with Crippen LogP contribution in [0.1, 0.15) is 32.6 Å². The molecule has 0 radical (unpaired) electrons. The van der Waals surface area contributed by atoms with E-state index in [0.717, 1.165) is 12.5 Å². The van der Waals surface area contributed by atoms with Crippen LogP contribution in [0.2, 0.25) is 0 Å². The molecule has 0 bridgehead atoms. The number of hydrogen-bond acceptors (Lipinski definition) is 4. The molecule has 0 aromatic carbocycles. The first-order chi connectivity index (χ1) is 9.47. The molecule has 2 aliphatic rings. The van der Waals surface area contributed by atoms with Gasteiger partial charge >= 0.3 is 0 Å². The fraction of sp³-hybridized carbons (Fsp3) is 1.00. The van der Waals surface area contributed by atoms with Crippen molar-refractivity contribution < 1.29 is 0 Å². The van der Waals surface area contributed by atoms with Gasteiger partial charge < -0.3 is 15.5 Å². The lowest BCUT2D eigenvalue weighted by Crippen LogP contribution is -2.62.